The summed E-state index contributed by atoms with van der Waals surface area (Å²) in [6.45, 7) is 0. The van der Waals surface area contributed by atoms with Crippen molar-refractivity contribution in [3.63, 3.8) is 0 Å². The second-order valence-corrected chi connectivity index (χ2v) is 4.54. The van der Waals surface area contributed by atoms with Gasteiger partial charge in [-0.3, -0.25) is 0 Å². The maximum atomic E-state index is 10.5. The quantitative estimate of drug-likeness (QED) is 0.681. The van der Waals surface area contributed by atoms with E-state index in [4.69, 9.17) is 9.90 Å². The van der Waals surface area contributed by atoms with Crippen molar-refractivity contribution in [2.75, 3.05) is 0 Å². The molecule has 0 atom stereocenters. The number of hydrogen-bond acceptors (Lipinski definition) is 3. The molecule has 74 valence electrons. The highest BCUT2D eigenvalue weighted by Crippen LogP contribution is 2.11. The van der Waals surface area contributed by atoms with E-state index in [0.717, 1.165) is 0 Å². The molecule has 0 saturated heterocycles. The third-order valence-corrected chi connectivity index (χ3v) is 2.49. The van der Waals surface area contributed by atoms with Crippen LogP contribution in [0.5, 0.6) is 0 Å². The lowest BCUT2D eigenvalue weighted by Crippen LogP contribution is -2.37. The van der Waals surface area contributed by atoms with Gasteiger partial charge in [-0.15, -0.1) is 11.3 Å². The van der Waals surface area contributed by atoms with Crippen molar-refractivity contribution in [1.82, 2.24) is 0 Å². The number of alkyl halides is 3. The van der Waals surface area contributed by atoms with Gasteiger partial charge in [0, 0.05) is 0 Å². The van der Waals surface area contributed by atoms with Crippen molar-refractivity contribution in [3.05, 3.63) is 20.4 Å². The van der Waals surface area contributed by atoms with Gasteiger partial charge in [0.05, 0.1) is 2.88 Å². The van der Waals surface area contributed by atoms with E-state index in [1.807, 2.05) is 6.07 Å². The number of carbonyl (C=O) groups is 1. The maximum absolute atomic E-state index is 10.5. The molecule has 2 nitrogen and oxygen atoms in total. The molecule has 0 amide bonds. The minimum absolute atomic E-state index is 1.35. The number of aliphatic carboxylic acids is 1. The second-order valence-electron chi connectivity index (χ2n) is 1.70. The first-order chi connectivity index (χ1) is 5.84. The zero-order valence-electron chi connectivity index (χ0n) is 5.97. The van der Waals surface area contributed by atoms with E-state index in [1.165, 1.54) is 2.88 Å². The molecule has 1 rings (SSSR count). The highest BCUT2D eigenvalue weighted by atomic mass is 127. The summed E-state index contributed by atoms with van der Waals surface area (Å²) in [6.07, 6.45) is -5.19. The fourth-order valence-electron chi connectivity index (χ4n) is 0.259. The Labute approximate surface area is 89.5 Å². The van der Waals surface area contributed by atoms with Crippen molar-refractivity contribution in [1.29, 1.82) is 0 Å². The van der Waals surface area contributed by atoms with Crippen LogP contribution >= 0.6 is 33.9 Å². The molecule has 0 saturated carbocycles. The zero-order chi connectivity index (χ0) is 10.5. The van der Waals surface area contributed by atoms with Crippen molar-refractivity contribution >= 4 is 39.9 Å². The minimum atomic E-state index is -5.19. The highest BCUT2D eigenvalue weighted by molar-refractivity contribution is 14.1. The van der Waals surface area contributed by atoms with Gasteiger partial charge in [-0.2, -0.15) is 13.2 Å². The lowest BCUT2D eigenvalue weighted by molar-refractivity contribution is -0.344. The Morgan fingerprint density at radius 3 is 2.08 bits per heavy atom. The van der Waals surface area contributed by atoms with Crippen LogP contribution in [0.25, 0.3) is 0 Å². The molecule has 0 aliphatic carbocycles. The Hall–Kier alpha value is -0.310. The van der Waals surface area contributed by atoms with Crippen molar-refractivity contribution in [2.45, 2.75) is 6.18 Å². The molecule has 0 N–H and O–H groups in total. The zero-order valence-corrected chi connectivity index (χ0v) is 8.94. The Balaban J connectivity index is 0.000000223. The van der Waals surface area contributed by atoms with E-state index < -0.39 is 12.1 Å². The molecule has 1 aromatic rings. The summed E-state index contributed by atoms with van der Waals surface area (Å²) in [7, 11) is 0. The Bertz CT molecular complexity index is 257. The molecular formula is C6H3F3IO2S-. The molecule has 0 radical (unpaired) electrons. The molecule has 0 unspecified atom stereocenters. The maximum Gasteiger partial charge on any atom is 0.430 e. The SMILES string of the molecule is Ic1cccs1.O=C([O-])C(F)(F)F. The lowest BCUT2D eigenvalue weighted by Gasteiger charge is -2.03. The molecule has 1 aromatic heterocycles. The summed E-state index contributed by atoms with van der Waals surface area (Å²) in [4.78, 5) is 8.78. The van der Waals surface area contributed by atoms with Crippen LogP contribution in [-0.4, -0.2) is 12.1 Å². The number of carbonyl (C=O) groups excluding carboxylic acids is 1. The third kappa shape index (κ3) is 6.82. The smallest absolute Gasteiger partial charge is 0.430 e. The Morgan fingerprint density at radius 2 is 2.00 bits per heavy atom. The Kier molecular flexibility index (Phi) is 5.30. The summed E-state index contributed by atoms with van der Waals surface area (Å²) in [5.74, 6) is -3.01. The molecule has 0 spiro atoms. The van der Waals surface area contributed by atoms with Crippen LogP contribution in [-0.2, 0) is 4.79 Å². The van der Waals surface area contributed by atoms with E-state index in [0.29, 0.717) is 0 Å². The first-order valence-corrected chi connectivity index (χ1v) is 4.77. The number of thiophene rings is 1. The number of rotatable bonds is 0. The van der Waals surface area contributed by atoms with Gasteiger partial charge in [-0.25, -0.2) is 0 Å². The molecule has 0 aliphatic heterocycles. The van der Waals surface area contributed by atoms with Gasteiger partial charge < -0.3 is 9.90 Å². The van der Waals surface area contributed by atoms with Crippen LogP contribution in [0.3, 0.4) is 0 Å². The summed E-state index contributed by atoms with van der Waals surface area (Å²) < 4.78 is 32.9. The van der Waals surface area contributed by atoms with Gasteiger partial charge >= 0.3 is 6.18 Å². The monoisotopic (exact) mass is 323 g/mol. The average molecular weight is 323 g/mol. The predicted octanol–water partition coefficient (Wildman–Crippen LogP) is 1.65. The minimum Gasteiger partial charge on any atom is -0.542 e. The fourth-order valence-corrected chi connectivity index (χ4v) is 1.35. The van der Waals surface area contributed by atoms with Crippen molar-refractivity contribution in [3.8, 4) is 0 Å². The van der Waals surface area contributed by atoms with Crippen LogP contribution < -0.4 is 5.11 Å². The van der Waals surface area contributed by atoms with Crippen molar-refractivity contribution < 1.29 is 23.1 Å². The van der Waals surface area contributed by atoms with Gasteiger partial charge in [-0.1, -0.05) is 6.07 Å². The topological polar surface area (TPSA) is 40.1 Å². The van der Waals surface area contributed by atoms with E-state index >= 15 is 0 Å². The van der Waals surface area contributed by atoms with E-state index in [9.17, 15) is 13.2 Å². The highest BCUT2D eigenvalue weighted by Gasteiger charge is 2.28. The summed E-state index contributed by atoms with van der Waals surface area (Å²) in [6, 6.07) is 4.14. The number of carboxylic acids is 1. The number of hydrogen-bond donors (Lipinski definition) is 0. The van der Waals surface area contributed by atoms with Gasteiger partial charge in [-0.05, 0) is 34.0 Å². The van der Waals surface area contributed by atoms with Gasteiger partial charge in [0.1, 0.15) is 5.97 Å². The lowest BCUT2D eigenvalue weighted by atomic mass is 10.7. The second kappa shape index (κ2) is 5.43. The summed E-state index contributed by atoms with van der Waals surface area (Å²) in [5.41, 5.74) is 0. The molecule has 0 aromatic carbocycles. The van der Waals surface area contributed by atoms with E-state index in [-0.39, 0.29) is 0 Å². The van der Waals surface area contributed by atoms with E-state index in [1.54, 1.807) is 11.3 Å². The first kappa shape index (κ1) is 12.7. The molecule has 7 heteroatoms. The van der Waals surface area contributed by atoms with Gasteiger partial charge in [0.15, 0.2) is 0 Å². The van der Waals surface area contributed by atoms with Crippen LogP contribution in [0.4, 0.5) is 13.2 Å². The molecular weight excluding hydrogens is 320 g/mol. The standard InChI is InChI=1S/C4H3IS.C2HF3O2/c5-4-2-1-3-6-4;3-2(4,5)1(6)7/h1-3H;(H,6,7)/p-1. The summed E-state index contributed by atoms with van der Waals surface area (Å²) in [5, 5.41) is 10.9. The fraction of sp³-hybridized carbons (Fsp3) is 0.167. The van der Waals surface area contributed by atoms with Crippen molar-refractivity contribution in [2.24, 2.45) is 0 Å². The van der Waals surface area contributed by atoms with Crippen LogP contribution in [0, 0.1) is 2.88 Å². The molecule has 13 heavy (non-hydrogen) atoms. The van der Waals surface area contributed by atoms with Gasteiger partial charge in [0.25, 0.3) is 0 Å². The largest absolute Gasteiger partial charge is 0.542 e. The van der Waals surface area contributed by atoms with Crippen LogP contribution in [0.2, 0.25) is 0 Å². The van der Waals surface area contributed by atoms with Crippen LogP contribution in [0.15, 0.2) is 17.5 Å². The van der Waals surface area contributed by atoms with E-state index in [2.05, 4.69) is 34.0 Å². The third-order valence-electron chi connectivity index (χ3n) is 0.718. The predicted molar refractivity (Wildman–Crippen MR) is 48.1 cm³/mol. The molecule has 0 aliphatic rings. The normalized spacial score (nSPS) is 10.2. The molecule has 0 fully saturated rings. The molecule has 0 bridgehead atoms. The number of halogens is 4. The summed E-state index contributed by atoms with van der Waals surface area (Å²) >= 11 is 4.06. The number of carboxylic acid groups (broad SMARTS) is 1. The Morgan fingerprint density at radius 1 is 1.54 bits per heavy atom. The average Bonchev–Trinajstić information content (AvgIpc) is 2.38. The molecule has 1 heterocycles. The van der Waals surface area contributed by atoms with Crippen LogP contribution in [0.1, 0.15) is 0 Å². The van der Waals surface area contributed by atoms with Gasteiger partial charge in [0.2, 0.25) is 0 Å². The first-order valence-electron chi connectivity index (χ1n) is 2.81.